The van der Waals surface area contributed by atoms with Crippen molar-refractivity contribution in [1.82, 2.24) is 9.55 Å². The van der Waals surface area contributed by atoms with E-state index in [1.54, 1.807) is 0 Å². The summed E-state index contributed by atoms with van der Waals surface area (Å²) in [6.45, 7) is 1.42. The number of nitrogens with zero attached hydrogens (tertiary/aromatic N) is 2. The molecular formula is C12H13Cl2N3O4. The number of aliphatic hydroxyl groups excluding tert-OH is 2. The van der Waals surface area contributed by atoms with E-state index in [9.17, 15) is 15.0 Å². The Bertz CT molecular complexity index is 654. The fourth-order valence-electron chi connectivity index (χ4n) is 2.17. The van der Waals surface area contributed by atoms with E-state index < -0.39 is 35.1 Å². The van der Waals surface area contributed by atoms with Crippen LogP contribution in [0.2, 0.25) is 0 Å². The van der Waals surface area contributed by atoms with Crippen LogP contribution in [-0.4, -0.2) is 43.0 Å². The van der Waals surface area contributed by atoms with Gasteiger partial charge < -0.3 is 20.7 Å². The van der Waals surface area contributed by atoms with Gasteiger partial charge in [0.25, 0.3) is 0 Å². The number of aliphatic hydroxyl groups is 2. The zero-order valence-corrected chi connectivity index (χ0v) is 12.4. The van der Waals surface area contributed by atoms with Gasteiger partial charge >= 0.3 is 5.69 Å². The van der Waals surface area contributed by atoms with E-state index in [0.717, 1.165) is 4.57 Å². The van der Waals surface area contributed by atoms with Gasteiger partial charge in [-0.05, 0) is 24.6 Å². The molecule has 5 atom stereocenters. The van der Waals surface area contributed by atoms with Gasteiger partial charge in [-0.1, -0.05) is 17.5 Å². The summed E-state index contributed by atoms with van der Waals surface area (Å²) >= 11 is 11.7. The summed E-state index contributed by atoms with van der Waals surface area (Å²) in [7, 11) is 0. The molecule has 9 heteroatoms. The molecule has 1 aliphatic rings. The minimum absolute atomic E-state index is 0.0328. The van der Waals surface area contributed by atoms with Crippen molar-refractivity contribution in [2.24, 2.45) is 0 Å². The average molecular weight is 334 g/mol. The summed E-state index contributed by atoms with van der Waals surface area (Å²) in [6.07, 6.45) is -3.29. The van der Waals surface area contributed by atoms with E-state index in [1.165, 1.54) is 19.2 Å². The molecule has 0 saturated carbocycles. The van der Waals surface area contributed by atoms with E-state index in [0.29, 0.717) is 0 Å². The van der Waals surface area contributed by atoms with Crippen LogP contribution < -0.4 is 11.4 Å². The number of hydrogen-bond donors (Lipinski definition) is 3. The van der Waals surface area contributed by atoms with Gasteiger partial charge in [0.1, 0.15) is 18.0 Å². The summed E-state index contributed by atoms with van der Waals surface area (Å²) in [5, 5.41) is 22.0. The molecule has 114 valence electrons. The number of aromatic nitrogens is 2. The van der Waals surface area contributed by atoms with Crippen LogP contribution in [-0.2, 0) is 4.74 Å². The van der Waals surface area contributed by atoms with Gasteiger partial charge in [0.15, 0.2) is 11.1 Å². The first kappa shape index (κ1) is 16.1. The predicted octanol–water partition coefficient (Wildman–Crippen LogP) is -0.358. The van der Waals surface area contributed by atoms with Crippen LogP contribution >= 0.6 is 23.2 Å². The molecule has 0 spiro atoms. The molecule has 0 aromatic carbocycles. The van der Waals surface area contributed by atoms with E-state index in [1.807, 2.05) is 0 Å². The van der Waals surface area contributed by atoms with Gasteiger partial charge in [-0.15, -0.1) is 0 Å². The second kappa shape index (κ2) is 5.83. The molecule has 1 aromatic rings. The van der Waals surface area contributed by atoms with Gasteiger partial charge in [-0.2, -0.15) is 4.98 Å². The lowest BCUT2D eigenvalue weighted by Crippen LogP contribution is -2.44. The van der Waals surface area contributed by atoms with Crippen LogP contribution in [0, 0.1) is 11.3 Å². The number of anilines is 1. The summed E-state index contributed by atoms with van der Waals surface area (Å²) in [5.74, 6) is 2.45. The number of hydrogen-bond acceptors (Lipinski definition) is 6. The first-order valence-electron chi connectivity index (χ1n) is 5.99. The molecule has 21 heavy (non-hydrogen) atoms. The lowest BCUT2D eigenvalue weighted by molar-refractivity contribution is -0.0773. The van der Waals surface area contributed by atoms with Crippen molar-refractivity contribution < 1.29 is 14.9 Å². The molecule has 7 nitrogen and oxygen atoms in total. The Hall–Kier alpha value is -1.30. The normalized spacial score (nSPS) is 33.3. The third-order valence-electron chi connectivity index (χ3n) is 3.21. The van der Waals surface area contributed by atoms with Crippen molar-refractivity contribution >= 4 is 29.0 Å². The first-order chi connectivity index (χ1) is 9.81. The maximum atomic E-state index is 11.9. The van der Waals surface area contributed by atoms with Crippen LogP contribution in [0.3, 0.4) is 0 Å². The number of halogens is 2. The lowest BCUT2D eigenvalue weighted by atomic mass is 9.97. The highest BCUT2D eigenvalue weighted by atomic mass is 35.5. The number of rotatable bonds is 2. The smallest absolute Gasteiger partial charge is 0.351 e. The topological polar surface area (TPSA) is 111 Å². The third-order valence-corrected chi connectivity index (χ3v) is 3.80. The van der Waals surface area contributed by atoms with Crippen molar-refractivity contribution in [3.8, 4) is 11.3 Å². The summed E-state index contributed by atoms with van der Waals surface area (Å²) < 4.78 is 6.54. The largest absolute Gasteiger partial charge is 0.391 e. The molecule has 1 fully saturated rings. The molecule has 1 saturated heterocycles. The highest BCUT2D eigenvalue weighted by Crippen LogP contribution is 2.43. The molecule has 0 aliphatic carbocycles. The van der Waals surface area contributed by atoms with Crippen molar-refractivity contribution in [3.05, 3.63) is 22.7 Å². The Morgan fingerprint density at radius 3 is 2.86 bits per heavy atom. The number of alkyl halides is 1. The minimum atomic E-state index is -1.70. The van der Waals surface area contributed by atoms with E-state index >= 15 is 0 Å². The van der Waals surface area contributed by atoms with E-state index in [-0.39, 0.29) is 5.82 Å². The van der Waals surface area contributed by atoms with E-state index in [4.69, 9.17) is 33.7 Å². The average Bonchev–Trinajstić information content (AvgIpc) is 2.64. The van der Waals surface area contributed by atoms with Gasteiger partial charge in [0, 0.05) is 11.6 Å². The number of nitrogen functional groups attached to an aromatic ring is 1. The predicted molar refractivity (Wildman–Crippen MR) is 76.7 cm³/mol. The van der Waals surface area contributed by atoms with Gasteiger partial charge in [0.05, 0.1) is 6.10 Å². The molecule has 4 N–H and O–H groups in total. The molecule has 2 heterocycles. The SMILES string of the molecule is C[C@@H](O)[C@H]1O[C@@H](n2ccc(N)nc2=O)[C@@](Cl)(C#CCl)C1O. The minimum Gasteiger partial charge on any atom is -0.391 e. The third kappa shape index (κ3) is 2.73. The van der Waals surface area contributed by atoms with Crippen molar-refractivity contribution in [1.29, 1.82) is 0 Å². The Morgan fingerprint density at radius 2 is 2.33 bits per heavy atom. The van der Waals surface area contributed by atoms with Crippen molar-refractivity contribution in [2.45, 2.75) is 36.3 Å². The molecule has 2 rings (SSSR count). The zero-order chi connectivity index (χ0) is 15.8. The number of nitrogens with two attached hydrogens (primary N) is 1. The maximum absolute atomic E-state index is 11.9. The van der Waals surface area contributed by atoms with Crippen LogP contribution in [0.15, 0.2) is 17.1 Å². The monoisotopic (exact) mass is 333 g/mol. The summed E-state index contributed by atoms with van der Waals surface area (Å²) in [6, 6.07) is 1.37. The summed E-state index contributed by atoms with van der Waals surface area (Å²) in [4.78, 5) is 13.8. The molecule has 0 radical (unpaired) electrons. The van der Waals surface area contributed by atoms with Crippen LogP contribution in [0.5, 0.6) is 0 Å². The van der Waals surface area contributed by atoms with Crippen LogP contribution in [0.25, 0.3) is 0 Å². The lowest BCUT2D eigenvalue weighted by Gasteiger charge is -2.25. The Morgan fingerprint density at radius 1 is 1.67 bits per heavy atom. The number of ether oxygens (including phenoxy) is 1. The Balaban J connectivity index is 2.54. The molecule has 1 aromatic heterocycles. The molecule has 1 unspecified atom stereocenters. The first-order valence-corrected chi connectivity index (χ1v) is 6.75. The fraction of sp³-hybridized carbons (Fsp3) is 0.500. The molecular weight excluding hydrogens is 321 g/mol. The van der Waals surface area contributed by atoms with Gasteiger partial charge in [0.2, 0.25) is 0 Å². The Kier molecular flexibility index (Phi) is 4.46. The van der Waals surface area contributed by atoms with Crippen LogP contribution in [0.4, 0.5) is 5.82 Å². The van der Waals surface area contributed by atoms with E-state index in [2.05, 4.69) is 16.3 Å². The molecule has 0 bridgehead atoms. The second-order valence-corrected chi connectivity index (χ2v) is 5.48. The summed E-state index contributed by atoms with van der Waals surface area (Å²) in [5.41, 5.74) is 4.70. The van der Waals surface area contributed by atoms with Crippen molar-refractivity contribution in [3.63, 3.8) is 0 Å². The fourth-order valence-corrected chi connectivity index (χ4v) is 2.70. The van der Waals surface area contributed by atoms with Gasteiger partial charge in [-0.25, -0.2) is 4.79 Å². The molecule has 1 aliphatic heterocycles. The zero-order valence-electron chi connectivity index (χ0n) is 10.9. The van der Waals surface area contributed by atoms with Gasteiger partial charge in [-0.3, -0.25) is 4.57 Å². The van der Waals surface area contributed by atoms with Crippen LogP contribution in [0.1, 0.15) is 13.2 Å². The standard InChI is InChI=1S/C12H13Cl2N3O4/c1-6(18)8-9(19)12(14,3-4-13)10(21-8)17-5-2-7(15)16-11(17)20/h2,5-6,8-10,18-19H,1H3,(H2,15,16,20)/t6-,8-,9?,10-,12-/m1/s1. The molecule has 0 amide bonds. The Labute approximate surface area is 130 Å². The highest BCUT2D eigenvalue weighted by molar-refractivity contribution is 6.32. The maximum Gasteiger partial charge on any atom is 0.351 e. The highest BCUT2D eigenvalue weighted by Gasteiger charge is 2.57. The van der Waals surface area contributed by atoms with Crippen molar-refractivity contribution in [2.75, 3.05) is 5.73 Å². The quantitative estimate of drug-likeness (QED) is 0.503. The second-order valence-electron chi connectivity index (χ2n) is 4.67.